The number of anilines is 1. The van der Waals surface area contributed by atoms with Gasteiger partial charge in [-0.1, -0.05) is 42.5 Å². The van der Waals surface area contributed by atoms with E-state index in [0.29, 0.717) is 0 Å². The van der Waals surface area contributed by atoms with Crippen LogP contribution in [-0.4, -0.2) is 31.9 Å². The van der Waals surface area contributed by atoms with Crippen LogP contribution >= 0.6 is 0 Å². The highest BCUT2D eigenvalue weighted by Crippen LogP contribution is 2.13. The van der Waals surface area contributed by atoms with Crippen molar-refractivity contribution in [3.63, 3.8) is 0 Å². The number of aliphatic hydroxyl groups excluding tert-OH is 1. The van der Waals surface area contributed by atoms with Gasteiger partial charge < -0.3 is 15.3 Å². The van der Waals surface area contributed by atoms with Crippen molar-refractivity contribution in [2.24, 2.45) is 0 Å². The van der Waals surface area contributed by atoms with E-state index < -0.39 is 0 Å². The van der Waals surface area contributed by atoms with E-state index in [2.05, 4.69) is 46.6 Å². The molecule has 0 aliphatic rings. The molecule has 0 amide bonds. The highest BCUT2D eigenvalue weighted by Gasteiger charge is 2.08. The van der Waals surface area contributed by atoms with Crippen LogP contribution in [0.5, 0.6) is 0 Å². The molecule has 0 bridgehead atoms. The quantitative estimate of drug-likeness (QED) is 0.820. The summed E-state index contributed by atoms with van der Waals surface area (Å²) in [6.45, 7) is 0.921. The van der Waals surface area contributed by atoms with E-state index in [1.807, 2.05) is 32.3 Å². The Bertz CT molecular complexity index is 523. The fourth-order valence-electron chi connectivity index (χ4n) is 2.27. The normalized spacial score (nSPS) is 12.1. The van der Waals surface area contributed by atoms with E-state index in [0.717, 1.165) is 13.0 Å². The fraction of sp³-hybridized carbons (Fsp3) is 0.333. The molecule has 3 heteroatoms. The van der Waals surface area contributed by atoms with Gasteiger partial charge in [0.1, 0.15) is 0 Å². The molecule has 0 radical (unpaired) electrons. The second kappa shape index (κ2) is 7.81. The van der Waals surface area contributed by atoms with Crippen molar-refractivity contribution in [2.75, 3.05) is 25.6 Å². The van der Waals surface area contributed by atoms with Gasteiger partial charge in [0.05, 0.1) is 6.61 Å². The largest absolute Gasteiger partial charge is 0.395 e. The standard InChI is InChI=1S/C18H24N2O/c1-20(2)18-10-8-15(9-11-18)12-17(14-21)19-13-16-6-4-3-5-7-16/h3-11,17,19,21H,12-14H2,1-2H3/t17-/m1/s1. The molecule has 0 aliphatic heterocycles. The number of nitrogens with zero attached hydrogens (tertiary/aromatic N) is 1. The molecule has 0 fully saturated rings. The third-order valence-corrected chi connectivity index (χ3v) is 3.59. The van der Waals surface area contributed by atoms with E-state index in [1.54, 1.807) is 0 Å². The number of nitrogens with one attached hydrogen (secondary N) is 1. The summed E-state index contributed by atoms with van der Waals surface area (Å²) in [7, 11) is 4.07. The van der Waals surface area contributed by atoms with Crippen LogP contribution in [0.3, 0.4) is 0 Å². The first-order chi connectivity index (χ1) is 10.2. The summed E-state index contributed by atoms with van der Waals surface area (Å²) >= 11 is 0. The Hall–Kier alpha value is -1.84. The monoisotopic (exact) mass is 284 g/mol. The van der Waals surface area contributed by atoms with E-state index in [9.17, 15) is 5.11 Å². The van der Waals surface area contributed by atoms with Gasteiger partial charge in [-0.3, -0.25) is 0 Å². The van der Waals surface area contributed by atoms with Crippen LogP contribution in [0.4, 0.5) is 5.69 Å². The lowest BCUT2D eigenvalue weighted by Crippen LogP contribution is -2.34. The second-order valence-electron chi connectivity index (χ2n) is 5.51. The van der Waals surface area contributed by atoms with Crippen LogP contribution in [0.2, 0.25) is 0 Å². The lowest BCUT2D eigenvalue weighted by molar-refractivity contribution is 0.241. The second-order valence-corrected chi connectivity index (χ2v) is 5.51. The third kappa shape index (κ3) is 4.88. The van der Waals surface area contributed by atoms with E-state index in [4.69, 9.17) is 0 Å². The molecular formula is C18H24N2O. The lowest BCUT2D eigenvalue weighted by Gasteiger charge is -2.17. The number of benzene rings is 2. The summed E-state index contributed by atoms with van der Waals surface area (Å²) in [5.41, 5.74) is 3.66. The number of rotatable bonds is 7. The van der Waals surface area contributed by atoms with E-state index >= 15 is 0 Å². The Morgan fingerprint density at radius 3 is 2.19 bits per heavy atom. The van der Waals surface area contributed by atoms with E-state index in [1.165, 1.54) is 16.8 Å². The van der Waals surface area contributed by atoms with Gasteiger partial charge in [0.15, 0.2) is 0 Å². The molecule has 112 valence electrons. The van der Waals surface area contributed by atoms with Gasteiger partial charge in [0, 0.05) is 32.4 Å². The smallest absolute Gasteiger partial charge is 0.0587 e. The predicted octanol–water partition coefficient (Wildman–Crippen LogP) is 2.45. The zero-order chi connectivity index (χ0) is 15.1. The Kier molecular flexibility index (Phi) is 5.78. The van der Waals surface area contributed by atoms with Gasteiger partial charge in [-0.2, -0.15) is 0 Å². The van der Waals surface area contributed by atoms with Crippen LogP contribution in [0.25, 0.3) is 0 Å². The Morgan fingerprint density at radius 2 is 1.62 bits per heavy atom. The van der Waals surface area contributed by atoms with Crippen molar-refractivity contribution in [1.82, 2.24) is 5.32 Å². The van der Waals surface area contributed by atoms with Crippen LogP contribution in [0, 0.1) is 0 Å². The van der Waals surface area contributed by atoms with Crippen molar-refractivity contribution < 1.29 is 5.11 Å². The van der Waals surface area contributed by atoms with E-state index in [-0.39, 0.29) is 12.6 Å². The topological polar surface area (TPSA) is 35.5 Å². The molecule has 2 aromatic carbocycles. The first-order valence-corrected chi connectivity index (χ1v) is 7.33. The Balaban J connectivity index is 1.89. The SMILES string of the molecule is CN(C)c1ccc(C[C@H](CO)NCc2ccccc2)cc1. The maximum atomic E-state index is 9.54. The molecule has 0 aromatic heterocycles. The van der Waals surface area contributed by atoms with Crippen LogP contribution in [0.1, 0.15) is 11.1 Å². The summed E-state index contributed by atoms with van der Waals surface area (Å²) in [5, 5.41) is 12.9. The Labute approximate surface area is 127 Å². The van der Waals surface area contributed by atoms with Gasteiger partial charge >= 0.3 is 0 Å². The molecule has 2 N–H and O–H groups in total. The molecule has 0 aliphatic carbocycles. The van der Waals surface area contributed by atoms with Crippen molar-refractivity contribution in [3.8, 4) is 0 Å². The summed E-state index contributed by atoms with van der Waals surface area (Å²) < 4.78 is 0. The number of aliphatic hydroxyl groups is 1. The molecule has 3 nitrogen and oxygen atoms in total. The van der Waals surface area contributed by atoms with Crippen LogP contribution in [-0.2, 0) is 13.0 Å². The molecule has 0 saturated carbocycles. The summed E-state index contributed by atoms with van der Waals surface area (Å²) in [6, 6.07) is 18.8. The summed E-state index contributed by atoms with van der Waals surface area (Å²) in [5.74, 6) is 0. The first kappa shape index (κ1) is 15.5. The molecule has 0 unspecified atom stereocenters. The summed E-state index contributed by atoms with van der Waals surface area (Å²) in [4.78, 5) is 2.08. The Morgan fingerprint density at radius 1 is 0.952 bits per heavy atom. The molecule has 0 spiro atoms. The predicted molar refractivity (Wildman–Crippen MR) is 88.6 cm³/mol. The number of hydrogen-bond acceptors (Lipinski definition) is 3. The van der Waals surface area contributed by atoms with Gasteiger partial charge in [0.25, 0.3) is 0 Å². The molecule has 1 atom stereocenters. The first-order valence-electron chi connectivity index (χ1n) is 7.33. The zero-order valence-corrected chi connectivity index (χ0v) is 12.8. The molecule has 2 rings (SSSR count). The van der Waals surface area contributed by atoms with Gasteiger partial charge in [-0.15, -0.1) is 0 Å². The lowest BCUT2D eigenvalue weighted by atomic mass is 10.1. The average molecular weight is 284 g/mol. The molecule has 0 saturated heterocycles. The minimum Gasteiger partial charge on any atom is -0.395 e. The molecule has 2 aromatic rings. The van der Waals surface area contributed by atoms with Gasteiger partial charge in [-0.05, 0) is 29.7 Å². The van der Waals surface area contributed by atoms with Crippen molar-refractivity contribution in [2.45, 2.75) is 19.0 Å². The minimum absolute atomic E-state index is 0.0791. The zero-order valence-electron chi connectivity index (χ0n) is 12.8. The maximum Gasteiger partial charge on any atom is 0.0587 e. The molecular weight excluding hydrogens is 260 g/mol. The fourth-order valence-corrected chi connectivity index (χ4v) is 2.27. The highest BCUT2D eigenvalue weighted by atomic mass is 16.3. The third-order valence-electron chi connectivity index (χ3n) is 3.59. The summed E-state index contributed by atoms with van der Waals surface area (Å²) in [6.07, 6.45) is 0.830. The van der Waals surface area contributed by atoms with Gasteiger partial charge in [-0.25, -0.2) is 0 Å². The maximum absolute atomic E-state index is 9.54. The average Bonchev–Trinajstić information content (AvgIpc) is 2.53. The van der Waals surface area contributed by atoms with Crippen LogP contribution in [0.15, 0.2) is 54.6 Å². The molecule has 0 heterocycles. The van der Waals surface area contributed by atoms with Crippen molar-refractivity contribution in [1.29, 1.82) is 0 Å². The molecule has 21 heavy (non-hydrogen) atoms. The highest BCUT2D eigenvalue weighted by molar-refractivity contribution is 5.46. The van der Waals surface area contributed by atoms with Gasteiger partial charge in [0.2, 0.25) is 0 Å². The van der Waals surface area contributed by atoms with Crippen molar-refractivity contribution in [3.05, 3.63) is 65.7 Å². The van der Waals surface area contributed by atoms with Crippen LogP contribution < -0.4 is 10.2 Å². The van der Waals surface area contributed by atoms with Crippen molar-refractivity contribution >= 4 is 5.69 Å². The minimum atomic E-state index is 0.0791. The number of hydrogen-bond donors (Lipinski definition) is 2.